The number of hydrogen-bond acceptors (Lipinski definition) is 9. The minimum Gasteiger partial charge on any atom is -0.389 e. The van der Waals surface area contributed by atoms with Gasteiger partial charge in [-0.05, 0) is 20.5 Å². The summed E-state index contributed by atoms with van der Waals surface area (Å²) in [5.74, 6) is 0. The van der Waals surface area contributed by atoms with Crippen LogP contribution in [0, 0.1) is 0 Å². The van der Waals surface area contributed by atoms with Crippen molar-refractivity contribution in [2.45, 2.75) is 50.2 Å². The molecule has 0 aromatic carbocycles. The maximum absolute atomic E-state index is 10.3. The topological polar surface area (TPSA) is 116 Å². The van der Waals surface area contributed by atoms with Gasteiger partial charge in [0.05, 0.1) is 18.8 Å². The first kappa shape index (κ1) is 23.7. The molecule has 0 bridgehead atoms. The highest BCUT2D eigenvalue weighted by Gasteiger charge is 2.44. The monoisotopic (exact) mass is 379 g/mol. The van der Waals surface area contributed by atoms with E-state index in [1.807, 2.05) is 21.0 Å². The SMILES string of the molecule is CCC1OC(OC)C(O)C(OCC(O)CNCCNCCN(C)C)C1O. The first-order valence-corrected chi connectivity index (χ1v) is 9.30. The summed E-state index contributed by atoms with van der Waals surface area (Å²) in [5.41, 5.74) is 0. The van der Waals surface area contributed by atoms with Gasteiger partial charge in [-0.25, -0.2) is 0 Å². The summed E-state index contributed by atoms with van der Waals surface area (Å²) in [6.07, 6.45) is -4.44. The Bertz CT molecular complexity index is 347. The van der Waals surface area contributed by atoms with Gasteiger partial charge in [-0.1, -0.05) is 6.92 Å². The van der Waals surface area contributed by atoms with Crippen molar-refractivity contribution in [1.29, 1.82) is 0 Å². The average Bonchev–Trinajstić information content (AvgIpc) is 2.60. The highest BCUT2D eigenvalue weighted by atomic mass is 16.7. The van der Waals surface area contributed by atoms with E-state index in [4.69, 9.17) is 14.2 Å². The number of hydrogen-bond donors (Lipinski definition) is 5. The molecular weight excluding hydrogens is 342 g/mol. The summed E-state index contributed by atoms with van der Waals surface area (Å²) in [7, 11) is 5.49. The molecule has 6 atom stereocenters. The number of rotatable bonds is 13. The fraction of sp³-hybridized carbons (Fsp3) is 1.00. The van der Waals surface area contributed by atoms with Crippen molar-refractivity contribution in [3.63, 3.8) is 0 Å². The summed E-state index contributed by atoms with van der Waals surface area (Å²) in [6.45, 7) is 5.69. The molecule has 1 rings (SSSR count). The standard InChI is InChI=1S/C17H37N3O6/c1-5-13-14(22)16(15(23)17(24-4)26-13)25-11-12(21)10-19-7-6-18-8-9-20(2)3/h12-19,21-23H,5-11H2,1-4H3. The van der Waals surface area contributed by atoms with Gasteiger partial charge in [0.15, 0.2) is 6.29 Å². The number of aliphatic hydroxyl groups excluding tert-OH is 3. The highest BCUT2D eigenvalue weighted by Crippen LogP contribution is 2.25. The van der Waals surface area contributed by atoms with E-state index in [0.717, 1.165) is 26.2 Å². The van der Waals surface area contributed by atoms with Crippen LogP contribution in [0.3, 0.4) is 0 Å². The molecule has 5 N–H and O–H groups in total. The molecular formula is C17H37N3O6. The van der Waals surface area contributed by atoms with E-state index in [1.165, 1.54) is 7.11 Å². The van der Waals surface area contributed by atoms with Crippen LogP contribution in [0.25, 0.3) is 0 Å². The zero-order chi connectivity index (χ0) is 19.5. The van der Waals surface area contributed by atoms with Gasteiger partial charge in [0.25, 0.3) is 0 Å². The van der Waals surface area contributed by atoms with Gasteiger partial charge in [-0.3, -0.25) is 0 Å². The molecule has 0 aromatic heterocycles. The Hall–Kier alpha value is -0.360. The molecule has 156 valence electrons. The summed E-state index contributed by atoms with van der Waals surface area (Å²) in [5, 5.41) is 37.0. The molecule has 1 aliphatic heterocycles. The van der Waals surface area contributed by atoms with E-state index in [2.05, 4.69) is 15.5 Å². The number of nitrogens with zero attached hydrogens (tertiary/aromatic N) is 1. The van der Waals surface area contributed by atoms with Crippen molar-refractivity contribution in [1.82, 2.24) is 15.5 Å². The Morgan fingerprint density at radius 1 is 1.12 bits per heavy atom. The number of methoxy groups -OCH3 is 1. The molecule has 9 heteroatoms. The summed E-state index contributed by atoms with van der Waals surface area (Å²) in [6, 6.07) is 0. The highest BCUT2D eigenvalue weighted by molar-refractivity contribution is 4.90. The Kier molecular flexibility index (Phi) is 11.8. The van der Waals surface area contributed by atoms with Crippen LogP contribution in [0.5, 0.6) is 0 Å². The number of ether oxygens (including phenoxy) is 3. The normalized spacial score (nSPS) is 30.7. The van der Waals surface area contributed by atoms with Gasteiger partial charge in [0.2, 0.25) is 0 Å². The summed E-state index contributed by atoms with van der Waals surface area (Å²) in [4.78, 5) is 2.11. The molecule has 9 nitrogen and oxygen atoms in total. The number of likely N-dealkylation sites (N-methyl/N-ethyl adjacent to an activating group) is 1. The van der Waals surface area contributed by atoms with E-state index in [9.17, 15) is 15.3 Å². The summed E-state index contributed by atoms with van der Waals surface area (Å²) >= 11 is 0. The lowest BCUT2D eigenvalue weighted by Gasteiger charge is -2.41. The first-order chi connectivity index (χ1) is 12.4. The second-order valence-electron chi connectivity index (χ2n) is 6.88. The summed E-state index contributed by atoms with van der Waals surface area (Å²) < 4.78 is 16.2. The van der Waals surface area contributed by atoms with Crippen molar-refractivity contribution in [2.24, 2.45) is 0 Å². The lowest BCUT2D eigenvalue weighted by molar-refractivity contribution is -0.299. The molecule has 0 saturated carbocycles. The Balaban J connectivity index is 2.24. The van der Waals surface area contributed by atoms with Crippen LogP contribution in [0.2, 0.25) is 0 Å². The maximum atomic E-state index is 10.3. The molecule has 0 radical (unpaired) electrons. The largest absolute Gasteiger partial charge is 0.389 e. The molecule has 0 aromatic rings. The maximum Gasteiger partial charge on any atom is 0.186 e. The lowest BCUT2D eigenvalue weighted by Crippen LogP contribution is -2.59. The van der Waals surface area contributed by atoms with Crippen LogP contribution in [0.4, 0.5) is 0 Å². The smallest absolute Gasteiger partial charge is 0.186 e. The predicted molar refractivity (Wildman–Crippen MR) is 98.0 cm³/mol. The van der Waals surface area contributed by atoms with Crippen molar-refractivity contribution in [3.05, 3.63) is 0 Å². The predicted octanol–water partition coefficient (Wildman–Crippen LogP) is -2.02. The molecule has 1 aliphatic rings. The fourth-order valence-corrected chi connectivity index (χ4v) is 2.79. The molecule has 0 amide bonds. The zero-order valence-electron chi connectivity index (χ0n) is 16.4. The number of aliphatic hydroxyl groups is 3. The molecule has 6 unspecified atom stereocenters. The Labute approximate surface area is 156 Å². The van der Waals surface area contributed by atoms with Crippen LogP contribution in [-0.2, 0) is 14.2 Å². The number of nitrogens with one attached hydrogen (secondary N) is 2. The average molecular weight is 379 g/mol. The molecule has 1 saturated heterocycles. The second-order valence-corrected chi connectivity index (χ2v) is 6.88. The lowest BCUT2D eigenvalue weighted by atomic mass is 9.97. The van der Waals surface area contributed by atoms with Gasteiger partial charge in [0, 0.05) is 39.8 Å². The zero-order valence-corrected chi connectivity index (χ0v) is 16.4. The molecule has 26 heavy (non-hydrogen) atoms. The van der Waals surface area contributed by atoms with Crippen LogP contribution in [0.1, 0.15) is 13.3 Å². The van der Waals surface area contributed by atoms with Gasteiger partial charge in [0.1, 0.15) is 18.3 Å². The van der Waals surface area contributed by atoms with E-state index in [-0.39, 0.29) is 6.61 Å². The molecule has 1 heterocycles. The van der Waals surface area contributed by atoms with Gasteiger partial charge >= 0.3 is 0 Å². The van der Waals surface area contributed by atoms with Gasteiger partial charge < -0.3 is 45.1 Å². The van der Waals surface area contributed by atoms with Crippen molar-refractivity contribution < 1.29 is 29.5 Å². The molecule has 0 aliphatic carbocycles. The van der Waals surface area contributed by atoms with E-state index < -0.39 is 36.8 Å². The Morgan fingerprint density at radius 2 is 1.81 bits per heavy atom. The van der Waals surface area contributed by atoms with Crippen LogP contribution >= 0.6 is 0 Å². The third-order valence-corrected chi connectivity index (χ3v) is 4.35. The van der Waals surface area contributed by atoms with Crippen molar-refractivity contribution in [2.75, 3.05) is 60.5 Å². The fourth-order valence-electron chi connectivity index (χ4n) is 2.79. The van der Waals surface area contributed by atoms with Crippen molar-refractivity contribution in [3.8, 4) is 0 Å². The van der Waals surface area contributed by atoms with Crippen LogP contribution in [-0.4, -0.2) is 118 Å². The van der Waals surface area contributed by atoms with Gasteiger partial charge in [-0.15, -0.1) is 0 Å². The minimum absolute atomic E-state index is 0.00666. The first-order valence-electron chi connectivity index (χ1n) is 9.30. The van der Waals surface area contributed by atoms with E-state index in [0.29, 0.717) is 13.0 Å². The van der Waals surface area contributed by atoms with Crippen LogP contribution < -0.4 is 10.6 Å². The van der Waals surface area contributed by atoms with Crippen LogP contribution in [0.15, 0.2) is 0 Å². The molecule has 1 fully saturated rings. The molecule has 0 spiro atoms. The Morgan fingerprint density at radius 3 is 2.42 bits per heavy atom. The van der Waals surface area contributed by atoms with Crippen molar-refractivity contribution >= 4 is 0 Å². The third kappa shape index (κ3) is 8.12. The van der Waals surface area contributed by atoms with E-state index >= 15 is 0 Å². The quantitative estimate of drug-likeness (QED) is 0.231. The van der Waals surface area contributed by atoms with Gasteiger partial charge in [-0.2, -0.15) is 0 Å². The minimum atomic E-state index is -1.11. The second kappa shape index (κ2) is 12.9. The third-order valence-electron chi connectivity index (χ3n) is 4.35. The van der Waals surface area contributed by atoms with E-state index in [1.54, 1.807) is 0 Å².